The van der Waals surface area contributed by atoms with Gasteiger partial charge in [-0.1, -0.05) is 44.9 Å². The second kappa shape index (κ2) is 7.46. The van der Waals surface area contributed by atoms with E-state index in [1.165, 1.54) is 83.5 Å². The highest BCUT2D eigenvalue weighted by Gasteiger charge is 2.35. The lowest BCUT2D eigenvalue weighted by atomic mass is 9.67. The van der Waals surface area contributed by atoms with Crippen LogP contribution in [0.3, 0.4) is 0 Å². The minimum absolute atomic E-state index is 0.379. The Labute approximate surface area is 131 Å². The van der Waals surface area contributed by atoms with Crippen molar-refractivity contribution in [1.82, 2.24) is 0 Å². The molecular weight excluding hydrogens is 256 g/mol. The molecule has 3 rings (SSSR count). The van der Waals surface area contributed by atoms with Crippen LogP contribution in [-0.4, -0.2) is 12.1 Å². The normalized spacial score (nSPS) is 40.9. The maximum Gasteiger partial charge on any atom is 0.0110 e. The summed E-state index contributed by atoms with van der Waals surface area (Å²) in [6.07, 6.45) is 18.3. The van der Waals surface area contributed by atoms with Gasteiger partial charge in [-0.15, -0.1) is 0 Å². The molecule has 122 valence electrons. The van der Waals surface area contributed by atoms with E-state index < -0.39 is 0 Å². The van der Waals surface area contributed by atoms with Crippen LogP contribution in [0.2, 0.25) is 0 Å². The summed E-state index contributed by atoms with van der Waals surface area (Å²) in [5.41, 5.74) is 13.0. The molecule has 0 aliphatic heterocycles. The molecule has 0 saturated heterocycles. The molecule has 3 saturated carbocycles. The zero-order chi connectivity index (χ0) is 14.7. The first-order valence-electron chi connectivity index (χ1n) is 9.77. The summed E-state index contributed by atoms with van der Waals surface area (Å²) in [6.45, 7) is 0. The Morgan fingerprint density at radius 3 is 1.86 bits per heavy atom. The van der Waals surface area contributed by atoms with Gasteiger partial charge in [-0.3, -0.25) is 0 Å². The van der Waals surface area contributed by atoms with Crippen molar-refractivity contribution < 1.29 is 0 Å². The van der Waals surface area contributed by atoms with Crippen LogP contribution in [0.1, 0.15) is 83.5 Å². The van der Waals surface area contributed by atoms with Crippen molar-refractivity contribution in [3.8, 4) is 0 Å². The molecule has 3 aliphatic rings. The molecular formula is C19H36N2. The van der Waals surface area contributed by atoms with E-state index in [1.807, 2.05) is 0 Å². The number of nitrogens with two attached hydrogens (primary N) is 2. The molecule has 4 N–H and O–H groups in total. The van der Waals surface area contributed by atoms with Gasteiger partial charge in [0.25, 0.3) is 0 Å². The Bertz CT molecular complexity index is 303. The Hall–Kier alpha value is -0.0800. The molecule has 0 bridgehead atoms. The summed E-state index contributed by atoms with van der Waals surface area (Å²) in [5, 5.41) is 0. The minimum atomic E-state index is 0.379. The summed E-state index contributed by atoms with van der Waals surface area (Å²) in [4.78, 5) is 0. The molecule has 0 heterocycles. The van der Waals surface area contributed by atoms with Gasteiger partial charge in [0.2, 0.25) is 0 Å². The Morgan fingerprint density at radius 2 is 1.19 bits per heavy atom. The van der Waals surface area contributed by atoms with Crippen LogP contribution in [0, 0.1) is 23.7 Å². The lowest BCUT2D eigenvalue weighted by Crippen LogP contribution is -2.48. The van der Waals surface area contributed by atoms with Gasteiger partial charge < -0.3 is 11.5 Å². The van der Waals surface area contributed by atoms with Gasteiger partial charge in [-0.2, -0.15) is 0 Å². The molecule has 0 amide bonds. The fraction of sp³-hybridized carbons (Fsp3) is 1.00. The molecule has 2 nitrogen and oxygen atoms in total. The molecule has 0 radical (unpaired) electrons. The molecule has 3 unspecified atom stereocenters. The third kappa shape index (κ3) is 3.82. The second-order valence-corrected chi connectivity index (χ2v) is 8.26. The SMILES string of the molecule is NC1CCCCC1C(N)C1CCC(C2CCCCC2)CC1. The van der Waals surface area contributed by atoms with Gasteiger partial charge in [-0.25, -0.2) is 0 Å². The van der Waals surface area contributed by atoms with E-state index in [0.717, 1.165) is 17.8 Å². The van der Waals surface area contributed by atoms with E-state index in [-0.39, 0.29) is 0 Å². The third-order valence-electron chi connectivity index (χ3n) is 7.05. The summed E-state index contributed by atoms with van der Waals surface area (Å²) in [7, 11) is 0. The van der Waals surface area contributed by atoms with E-state index in [2.05, 4.69) is 0 Å². The van der Waals surface area contributed by atoms with Crippen LogP contribution >= 0.6 is 0 Å². The highest BCUT2D eigenvalue weighted by molar-refractivity contribution is 4.91. The van der Waals surface area contributed by atoms with Gasteiger partial charge >= 0.3 is 0 Å². The summed E-state index contributed by atoms with van der Waals surface area (Å²) >= 11 is 0. The topological polar surface area (TPSA) is 52.0 Å². The van der Waals surface area contributed by atoms with Crippen molar-refractivity contribution in [3.05, 3.63) is 0 Å². The molecule has 0 spiro atoms. The number of hydrogen-bond donors (Lipinski definition) is 2. The van der Waals surface area contributed by atoms with Crippen molar-refractivity contribution in [1.29, 1.82) is 0 Å². The molecule has 0 aromatic heterocycles. The summed E-state index contributed by atoms with van der Waals surface area (Å²) in [5.74, 6) is 3.44. The first-order chi connectivity index (χ1) is 10.3. The smallest absolute Gasteiger partial charge is 0.0110 e. The first-order valence-corrected chi connectivity index (χ1v) is 9.77. The summed E-state index contributed by atoms with van der Waals surface area (Å²) in [6, 6.07) is 0.762. The zero-order valence-corrected chi connectivity index (χ0v) is 13.8. The molecule has 0 aromatic carbocycles. The van der Waals surface area contributed by atoms with Crippen molar-refractivity contribution in [2.24, 2.45) is 35.1 Å². The molecule has 3 atom stereocenters. The van der Waals surface area contributed by atoms with Gasteiger partial charge in [0.05, 0.1) is 0 Å². The average molecular weight is 293 g/mol. The molecule has 21 heavy (non-hydrogen) atoms. The van der Waals surface area contributed by atoms with Gasteiger partial charge in [0.15, 0.2) is 0 Å². The van der Waals surface area contributed by atoms with Crippen molar-refractivity contribution in [2.45, 2.75) is 95.6 Å². The van der Waals surface area contributed by atoms with Gasteiger partial charge in [-0.05, 0) is 62.2 Å². The molecule has 3 aliphatic carbocycles. The highest BCUT2D eigenvalue weighted by Crippen LogP contribution is 2.42. The Balaban J connectivity index is 1.48. The van der Waals surface area contributed by atoms with E-state index in [9.17, 15) is 0 Å². The number of rotatable bonds is 3. The fourth-order valence-electron chi connectivity index (χ4n) is 5.62. The Morgan fingerprint density at radius 1 is 0.619 bits per heavy atom. The van der Waals surface area contributed by atoms with Crippen LogP contribution in [0.5, 0.6) is 0 Å². The maximum absolute atomic E-state index is 6.66. The maximum atomic E-state index is 6.66. The monoisotopic (exact) mass is 292 g/mol. The van der Waals surface area contributed by atoms with E-state index in [0.29, 0.717) is 18.0 Å². The van der Waals surface area contributed by atoms with Crippen LogP contribution < -0.4 is 11.5 Å². The van der Waals surface area contributed by atoms with E-state index >= 15 is 0 Å². The molecule has 3 fully saturated rings. The van der Waals surface area contributed by atoms with Gasteiger partial charge in [0, 0.05) is 12.1 Å². The Kier molecular flexibility index (Phi) is 5.61. The van der Waals surface area contributed by atoms with Crippen LogP contribution in [-0.2, 0) is 0 Å². The van der Waals surface area contributed by atoms with Crippen LogP contribution in [0.25, 0.3) is 0 Å². The third-order valence-corrected chi connectivity index (χ3v) is 7.05. The zero-order valence-electron chi connectivity index (χ0n) is 13.8. The number of hydrogen-bond acceptors (Lipinski definition) is 2. The van der Waals surface area contributed by atoms with Crippen LogP contribution in [0.15, 0.2) is 0 Å². The average Bonchev–Trinajstić information content (AvgIpc) is 2.56. The quantitative estimate of drug-likeness (QED) is 0.818. The lowest BCUT2D eigenvalue weighted by Gasteiger charge is -2.42. The van der Waals surface area contributed by atoms with E-state index in [1.54, 1.807) is 0 Å². The van der Waals surface area contributed by atoms with E-state index in [4.69, 9.17) is 11.5 Å². The molecule has 2 heteroatoms. The molecule has 0 aromatic rings. The first kappa shape index (κ1) is 15.8. The van der Waals surface area contributed by atoms with Gasteiger partial charge in [0.1, 0.15) is 0 Å². The van der Waals surface area contributed by atoms with Crippen molar-refractivity contribution in [2.75, 3.05) is 0 Å². The largest absolute Gasteiger partial charge is 0.327 e. The second-order valence-electron chi connectivity index (χ2n) is 8.26. The highest BCUT2D eigenvalue weighted by atomic mass is 14.8. The van der Waals surface area contributed by atoms with Crippen molar-refractivity contribution >= 4 is 0 Å². The van der Waals surface area contributed by atoms with Crippen LogP contribution in [0.4, 0.5) is 0 Å². The standard InChI is InChI=1S/C19H36N2/c20-18-9-5-4-8-17(18)19(21)16-12-10-15(11-13-16)14-6-2-1-3-7-14/h14-19H,1-13,20-21H2. The predicted molar refractivity (Wildman–Crippen MR) is 89.9 cm³/mol. The lowest BCUT2D eigenvalue weighted by molar-refractivity contribution is 0.127. The van der Waals surface area contributed by atoms with Crippen molar-refractivity contribution in [3.63, 3.8) is 0 Å². The predicted octanol–water partition coefficient (Wildman–Crippen LogP) is 4.22. The minimum Gasteiger partial charge on any atom is -0.327 e. The fourth-order valence-corrected chi connectivity index (χ4v) is 5.62. The summed E-state index contributed by atoms with van der Waals surface area (Å²) < 4.78 is 0.